The summed E-state index contributed by atoms with van der Waals surface area (Å²) >= 11 is 6.01. The van der Waals surface area contributed by atoms with E-state index in [4.69, 9.17) is 11.6 Å². The molecule has 0 radical (unpaired) electrons. The van der Waals surface area contributed by atoms with Crippen LogP contribution >= 0.6 is 11.6 Å². The highest BCUT2D eigenvalue weighted by molar-refractivity contribution is 6.33. The number of imidazole rings is 1. The Labute approximate surface area is 87.9 Å². The van der Waals surface area contributed by atoms with Crippen molar-refractivity contribution in [2.24, 2.45) is 0 Å². The van der Waals surface area contributed by atoms with Crippen molar-refractivity contribution >= 4 is 17.2 Å². The van der Waals surface area contributed by atoms with E-state index in [1.54, 1.807) is 0 Å². The van der Waals surface area contributed by atoms with Gasteiger partial charge in [0.15, 0.2) is 5.65 Å². The van der Waals surface area contributed by atoms with Crippen LogP contribution in [0.4, 0.5) is 0 Å². The summed E-state index contributed by atoms with van der Waals surface area (Å²) in [7, 11) is 4.06. The molecule has 4 heteroatoms. The van der Waals surface area contributed by atoms with E-state index >= 15 is 0 Å². The molecule has 2 aromatic rings. The van der Waals surface area contributed by atoms with Crippen molar-refractivity contribution in [1.82, 2.24) is 14.3 Å². The Balaban J connectivity index is 2.52. The Morgan fingerprint density at radius 1 is 1.50 bits per heavy atom. The molecule has 2 heterocycles. The number of halogens is 1. The van der Waals surface area contributed by atoms with Crippen LogP contribution in [0.2, 0.25) is 5.02 Å². The minimum Gasteiger partial charge on any atom is -0.304 e. The van der Waals surface area contributed by atoms with E-state index in [2.05, 4.69) is 9.88 Å². The normalized spacial score (nSPS) is 11.4. The molecule has 0 aliphatic rings. The van der Waals surface area contributed by atoms with Gasteiger partial charge < -0.3 is 9.30 Å². The van der Waals surface area contributed by atoms with Gasteiger partial charge in [-0.1, -0.05) is 11.6 Å². The van der Waals surface area contributed by atoms with Crippen molar-refractivity contribution in [2.75, 3.05) is 14.1 Å². The molecule has 0 aromatic carbocycles. The van der Waals surface area contributed by atoms with Crippen LogP contribution in [0.15, 0.2) is 24.5 Å². The van der Waals surface area contributed by atoms with Crippen LogP contribution in [0.5, 0.6) is 0 Å². The SMILES string of the molecule is CN(C)Cc1cnc2c(Cl)cccn12. The molecule has 74 valence electrons. The van der Waals surface area contributed by atoms with E-state index < -0.39 is 0 Å². The highest BCUT2D eigenvalue weighted by Gasteiger charge is 2.05. The summed E-state index contributed by atoms with van der Waals surface area (Å²) in [5.74, 6) is 0. The lowest BCUT2D eigenvalue weighted by atomic mass is 10.4. The lowest BCUT2D eigenvalue weighted by molar-refractivity contribution is 0.395. The number of hydrogen-bond donors (Lipinski definition) is 0. The molecule has 14 heavy (non-hydrogen) atoms. The number of fused-ring (bicyclic) bond motifs is 1. The number of hydrogen-bond acceptors (Lipinski definition) is 2. The third-order valence-corrected chi connectivity index (χ3v) is 2.34. The first kappa shape index (κ1) is 9.49. The number of aromatic nitrogens is 2. The molecule has 0 bridgehead atoms. The first-order chi connectivity index (χ1) is 6.68. The molecule has 0 aliphatic carbocycles. The summed E-state index contributed by atoms with van der Waals surface area (Å²) in [6.45, 7) is 0.863. The minimum atomic E-state index is 0.692. The summed E-state index contributed by atoms with van der Waals surface area (Å²) < 4.78 is 2.02. The van der Waals surface area contributed by atoms with E-state index in [0.717, 1.165) is 17.9 Å². The first-order valence-corrected chi connectivity index (χ1v) is 4.81. The Kier molecular flexibility index (Phi) is 2.44. The van der Waals surface area contributed by atoms with Gasteiger partial charge in [-0.15, -0.1) is 0 Å². The second-order valence-corrected chi connectivity index (χ2v) is 3.94. The molecule has 0 saturated heterocycles. The highest BCUT2D eigenvalue weighted by atomic mass is 35.5. The van der Waals surface area contributed by atoms with Gasteiger partial charge in [0.25, 0.3) is 0 Å². The van der Waals surface area contributed by atoms with Crippen LogP contribution in [0, 0.1) is 0 Å². The molecule has 0 amide bonds. The Morgan fingerprint density at radius 2 is 2.29 bits per heavy atom. The second kappa shape index (κ2) is 3.59. The van der Waals surface area contributed by atoms with Gasteiger partial charge in [0.1, 0.15) is 0 Å². The zero-order valence-corrected chi connectivity index (χ0v) is 8.99. The zero-order valence-electron chi connectivity index (χ0n) is 8.24. The average Bonchev–Trinajstić information content (AvgIpc) is 2.49. The smallest absolute Gasteiger partial charge is 0.155 e. The van der Waals surface area contributed by atoms with Crippen molar-refractivity contribution < 1.29 is 0 Å². The molecule has 0 unspecified atom stereocenters. The van der Waals surface area contributed by atoms with E-state index in [9.17, 15) is 0 Å². The van der Waals surface area contributed by atoms with Crippen LogP contribution in [0.3, 0.4) is 0 Å². The summed E-state index contributed by atoms with van der Waals surface area (Å²) in [5, 5.41) is 0.692. The van der Waals surface area contributed by atoms with E-state index in [-0.39, 0.29) is 0 Å². The average molecular weight is 210 g/mol. The molecule has 0 fully saturated rings. The lowest BCUT2D eigenvalue weighted by Crippen LogP contribution is -2.12. The molecule has 0 N–H and O–H groups in total. The van der Waals surface area contributed by atoms with E-state index in [1.807, 2.05) is 43.0 Å². The van der Waals surface area contributed by atoms with Gasteiger partial charge in [0, 0.05) is 12.7 Å². The van der Waals surface area contributed by atoms with Crippen molar-refractivity contribution in [3.63, 3.8) is 0 Å². The number of nitrogens with zero attached hydrogens (tertiary/aromatic N) is 3. The van der Waals surface area contributed by atoms with Gasteiger partial charge in [0.2, 0.25) is 0 Å². The van der Waals surface area contributed by atoms with E-state index in [1.165, 1.54) is 0 Å². The van der Waals surface area contributed by atoms with Crippen LogP contribution in [0.25, 0.3) is 5.65 Å². The number of pyridine rings is 1. The number of rotatable bonds is 2. The van der Waals surface area contributed by atoms with Gasteiger partial charge >= 0.3 is 0 Å². The van der Waals surface area contributed by atoms with Gasteiger partial charge in [-0.05, 0) is 26.2 Å². The van der Waals surface area contributed by atoms with Crippen LogP contribution in [0.1, 0.15) is 5.69 Å². The molecule has 2 rings (SSSR count). The van der Waals surface area contributed by atoms with Crippen LogP contribution in [-0.2, 0) is 6.54 Å². The van der Waals surface area contributed by atoms with Crippen molar-refractivity contribution in [3.8, 4) is 0 Å². The third-order valence-electron chi connectivity index (χ3n) is 2.04. The van der Waals surface area contributed by atoms with Gasteiger partial charge in [-0.3, -0.25) is 0 Å². The second-order valence-electron chi connectivity index (χ2n) is 3.54. The molecule has 2 aromatic heterocycles. The molecule has 0 saturated carbocycles. The fourth-order valence-corrected chi connectivity index (χ4v) is 1.68. The predicted octanol–water partition coefficient (Wildman–Crippen LogP) is 2.05. The molecule has 3 nitrogen and oxygen atoms in total. The molecular weight excluding hydrogens is 198 g/mol. The highest BCUT2D eigenvalue weighted by Crippen LogP contribution is 2.17. The van der Waals surface area contributed by atoms with Crippen molar-refractivity contribution in [2.45, 2.75) is 6.54 Å². The maximum atomic E-state index is 6.01. The van der Waals surface area contributed by atoms with E-state index in [0.29, 0.717) is 5.02 Å². The minimum absolute atomic E-state index is 0.692. The van der Waals surface area contributed by atoms with Gasteiger partial charge in [-0.25, -0.2) is 4.98 Å². The zero-order chi connectivity index (χ0) is 10.1. The molecule has 0 aliphatic heterocycles. The summed E-state index contributed by atoms with van der Waals surface area (Å²) in [5.41, 5.74) is 1.97. The standard InChI is InChI=1S/C10H12ClN3/c1-13(2)7-8-6-12-10-9(11)4-3-5-14(8)10/h3-6H,7H2,1-2H3. The Morgan fingerprint density at radius 3 is 3.00 bits per heavy atom. The molecule has 0 spiro atoms. The monoisotopic (exact) mass is 209 g/mol. The maximum Gasteiger partial charge on any atom is 0.155 e. The largest absolute Gasteiger partial charge is 0.304 e. The van der Waals surface area contributed by atoms with Gasteiger partial charge in [-0.2, -0.15) is 0 Å². The Hall–Kier alpha value is -1.06. The topological polar surface area (TPSA) is 20.5 Å². The third kappa shape index (κ3) is 1.61. The summed E-state index contributed by atoms with van der Waals surface area (Å²) in [4.78, 5) is 6.38. The quantitative estimate of drug-likeness (QED) is 0.755. The lowest BCUT2D eigenvalue weighted by Gasteiger charge is -2.08. The fraction of sp³-hybridized carbons (Fsp3) is 0.300. The first-order valence-electron chi connectivity index (χ1n) is 4.43. The van der Waals surface area contributed by atoms with Crippen molar-refractivity contribution in [3.05, 3.63) is 35.2 Å². The molecule has 0 atom stereocenters. The molecular formula is C10H12ClN3. The van der Waals surface area contributed by atoms with Crippen LogP contribution in [-0.4, -0.2) is 28.4 Å². The Bertz CT molecular complexity index is 448. The summed E-state index contributed by atoms with van der Waals surface area (Å²) in [6.07, 6.45) is 3.84. The van der Waals surface area contributed by atoms with Crippen molar-refractivity contribution in [1.29, 1.82) is 0 Å². The predicted molar refractivity (Wildman–Crippen MR) is 57.6 cm³/mol. The summed E-state index contributed by atoms with van der Waals surface area (Å²) in [6, 6.07) is 3.78. The maximum absolute atomic E-state index is 6.01. The van der Waals surface area contributed by atoms with Crippen LogP contribution < -0.4 is 0 Å². The van der Waals surface area contributed by atoms with Gasteiger partial charge in [0.05, 0.1) is 16.9 Å². The fourth-order valence-electron chi connectivity index (χ4n) is 1.47.